The zero-order valence-electron chi connectivity index (χ0n) is 8.38. The molecule has 0 aliphatic carbocycles. The van der Waals surface area contributed by atoms with E-state index in [0.29, 0.717) is 17.4 Å². The van der Waals surface area contributed by atoms with Gasteiger partial charge in [0.1, 0.15) is 0 Å². The molecule has 1 unspecified atom stereocenters. The van der Waals surface area contributed by atoms with Gasteiger partial charge in [0.15, 0.2) is 0 Å². The minimum Gasteiger partial charge on any atom is -0.462 e. The van der Waals surface area contributed by atoms with Crippen LogP contribution in [0, 0.1) is 0 Å². The molecule has 0 aliphatic rings. The largest absolute Gasteiger partial charge is 0.462 e. The highest BCUT2D eigenvalue weighted by molar-refractivity contribution is 7.80. The molecule has 0 aromatic heterocycles. The molecule has 0 amide bonds. The minimum atomic E-state index is -0.308. The van der Waals surface area contributed by atoms with Crippen LogP contribution in [0.2, 0.25) is 0 Å². The van der Waals surface area contributed by atoms with Gasteiger partial charge < -0.3 is 4.74 Å². The summed E-state index contributed by atoms with van der Waals surface area (Å²) in [4.78, 5) is 10.9. The lowest BCUT2D eigenvalue weighted by atomic mass is 10.2. The third kappa shape index (κ3) is 6.70. The fourth-order valence-corrected chi connectivity index (χ4v) is 1.25. The first kappa shape index (κ1) is 12.6. The number of esters is 1. The monoisotopic (exact) mass is 202 g/mol. The number of thiol groups is 1. The van der Waals surface area contributed by atoms with E-state index in [-0.39, 0.29) is 5.97 Å². The molecule has 0 bridgehead atoms. The third-order valence-corrected chi connectivity index (χ3v) is 2.17. The molecule has 3 heteroatoms. The van der Waals surface area contributed by atoms with Crippen LogP contribution in [0.4, 0.5) is 0 Å². The molecule has 0 fully saturated rings. The Bertz CT molecular complexity index is 178. The Kier molecular flexibility index (Phi) is 6.77. The van der Waals surface area contributed by atoms with Crippen molar-refractivity contribution >= 4 is 18.6 Å². The number of carbonyl (C=O) groups is 1. The quantitative estimate of drug-likeness (QED) is 0.407. The van der Waals surface area contributed by atoms with Gasteiger partial charge in [-0.1, -0.05) is 19.9 Å². The molecule has 0 saturated carbocycles. The number of ether oxygens (including phenoxy) is 1. The number of hydrogen-bond acceptors (Lipinski definition) is 3. The van der Waals surface area contributed by atoms with Crippen LogP contribution >= 0.6 is 12.6 Å². The van der Waals surface area contributed by atoms with Crippen molar-refractivity contribution in [2.75, 3.05) is 6.61 Å². The van der Waals surface area contributed by atoms with E-state index in [2.05, 4.69) is 26.1 Å². The van der Waals surface area contributed by atoms with E-state index in [1.165, 1.54) is 0 Å². The van der Waals surface area contributed by atoms with Crippen molar-refractivity contribution in [1.29, 1.82) is 0 Å². The minimum absolute atomic E-state index is 0.308. The molecule has 1 atom stereocenters. The molecule has 0 saturated heterocycles. The first-order valence-corrected chi connectivity index (χ1v) is 5.10. The van der Waals surface area contributed by atoms with Gasteiger partial charge in [-0.15, -0.1) is 0 Å². The van der Waals surface area contributed by atoms with Crippen LogP contribution in [0.1, 0.15) is 33.1 Å². The lowest BCUT2D eigenvalue weighted by molar-refractivity contribution is -0.139. The van der Waals surface area contributed by atoms with Crippen molar-refractivity contribution in [2.24, 2.45) is 0 Å². The number of rotatable bonds is 6. The molecule has 13 heavy (non-hydrogen) atoms. The Morgan fingerprint density at radius 3 is 2.62 bits per heavy atom. The predicted molar refractivity (Wildman–Crippen MR) is 58.1 cm³/mol. The highest BCUT2D eigenvalue weighted by atomic mass is 32.1. The zero-order valence-corrected chi connectivity index (χ0v) is 9.27. The Morgan fingerprint density at radius 1 is 1.54 bits per heavy atom. The Hall–Kier alpha value is -0.440. The maximum Gasteiger partial charge on any atom is 0.333 e. The van der Waals surface area contributed by atoms with E-state index in [4.69, 9.17) is 4.74 Å². The predicted octanol–water partition coefficient (Wildman–Crippen LogP) is 2.59. The van der Waals surface area contributed by atoms with Gasteiger partial charge in [0.25, 0.3) is 0 Å². The van der Waals surface area contributed by atoms with E-state index in [1.807, 2.05) is 0 Å². The topological polar surface area (TPSA) is 26.3 Å². The van der Waals surface area contributed by atoms with Gasteiger partial charge in [0.05, 0.1) is 6.61 Å². The van der Waals surface area contributed by atoms with E-state index >= 15 is 0 Å². The molecule has 0 spiro atoms. The SMILES string of the molecule is C=C(C)C(=O)OCCC(S)CCC. The highest BCUT2D eigenvalue weighted by Gasteiger charge is 2.05. The molecule has 0 radical (unpaired) electrons. The van der Waals surface area contributed by atoms with Gasteiger partial charge in [-0.3, -0.25) is 0 Å². The van der Waals surface area contributed by atoms with Crippen molar-refractivity contribution in [1.82, 2.24) is 0 Å². The second kappa shape index (κ2) is 7.01. The molecule has 0 heterocycles. The molecule has 76 valence electrons. The Morgan fingerprint density at radius 2 is 2.15 bits per heavy atom. The third-order valence-electron chi connectivity index (χ3n) is 1.65. The summed E-state index contributed by atoms with van der Waals surface area (Å²) >= 11 is 4.35. The maximum absolute atomic E-state index is 10.9. The summed E-state index contributed by atoms with van der Waals surface area (Å²) in [6.45, 7) is 7.70. The second-order valence-electron chi connectivity index (χ2n) is 3.15. The summed E-state index contributed by atoms with van der Waals surface area (Å²) in [6.07, 6.45) is 2.99. The van der Waals surface area contributed by atoms with E-state index < -0.39 is 0 Å². The summed E-state index contributed by atoms with van der Waals surface area (Å²) in [5, 5.41) is 0.336. The summed E-state index contributed by atoms with van der Waals surface area (Å²) < 4.78 is 4.93. The van der Waals surface area contributed by atoms with Crippen molar-refractivity contribution in [3.8, 4) is 0 Å². The molecule has 0 rings (SSSR count). The normalized spacial score (nSPS) is 12.2. The van der Waals surface area contributed by atoms with Gasteiger partial charge in [-0.2, -0.15) is 12.6 Å². The first-order valence-electron chi connectivity index (χ1n) is 4.58. The molecule has 0 aliphatic heterocycles. The van der Waals surface area contributed by atoms with Crippen LogP contribution < -0.4 is 0 Å². The lowest BCUT2D eigenvalue weighted by Gasteiger charge is -2.09. The van der Waals surface area contributed by atoms with Crippen LogP contribution in [0.15, 0.2) is 12.2 Å². The average molecular weight is 202 g/mol. The number of carbonyl (C=O) groups excluding carboxylic acids is 1. The summed E-state index contributed by atoms with van der Waals surface area (Å²) in [5.41, 5.74) is 0.450. The van der Waals surface area contributed by atoms with Crippen molar-refractivity contribution < 1.29 is 9.53 Å². The van der Waals surface area contributed by atoms with Gasteiger partial charge in [-0.25, -0.2) is 4.79 Å². The smallest absolute Gasteiger partial charge is 0.333 e. The molecule has 0 N–H and O–H groups in total. The fraction of sp³-hybridized carbons (Fsp3) is 0.700. The van der Waals surface area contributed by atoms with Crippen LogP contribution in [-0.2, 0) is 9.53 Å². The van der Waals surface area contributed by atoms with E-state index in [0.717, 1.165) is 19.3 Å². The summed E-state index contributed by atoms with van der Waals surface area (Å²) in [7, 11) is 0. The van der Waals surface area contributed by atoms with Gasteiger partial charge in [0.2, 0.25) is 0 Å². The lowest BCUT2D eigenvalue weighted by Crippen LogP contribution is -2.10. The van der Waals surface area contributed by atoms with Crippen LogP contribution in [-0.4, -0.2) is 17.8 Å². The molecule has 0 aromatic carbocycles. The molecule has 0 aromatic rings. The fourth-order valence-electron chi connectivity index (χ4n) is 0.888. The van der Waals surface area contributed by atoms with Gasteiger partial charge >= 0.3 is 5.97 Å². The van der Waals surface area contributed by atoms with Crippen molar-refractivity contribution in [3.05, 3.63) is 12.2 Å². The van der Waals surface area contributed by atoms with Crippen molar-refractivity contribution in [3.63, 3.8) is 0 Å². The first-order chi connectivity index (χ1) is 6.07. The molecular weight excluding hydrogens is 184 g/mol. The van der Waals surface area contributed by atoms with Crippen LogP contribution in [0.3, 0.4) is 0 Å². The number of hydrogen-bond donors (Lipinski definition) is 1. The van der Waals surface area contributed by atoms with Gasteiger partial charge in [-0.05, 0) is 19.8 Å². The second-order valence-corrected chi connectivity index (χ2v) is 3.88. The maximum atomic E-state index is 10.9. The van der Waals surface area contributed by atoms with Gasteiger partial charge in [0, 0.05) is 10.8 Å². The highest BCUT2D eigenvalue weighted by Crippen LogP contribution is 2.09. The van der Waals surface area contributed by atoms with Crippen molar-refractivity contribution in [2.45, 2.75) is 38.4 Å². The zero-order chi connectivity index (χ0) is 10.3. The molecular formula is C10H18O2S. The standard InChI is InChI=1S/C10H18O2S/c1-4-5-9(13)6-7-12-10(11)8(2)3/h9,13H,2,4-7H2,1,3H3. The van der Waals surface area contributed by atoms with Crippen LogP contribution in [0.5, 0.6) is 0 Å². The summed E-state index contributed by atoms with van der Waals surface area (Å²) in [5.74, 6) is -0.308. The molecule has 2 nitrogen and oxygen atoms in total. The average Bonchev–Trinajstić information content (AvgIpc) is 2.04. The Labute approximate surface area is 85.8 Å². The van der Waals surface area contributed by atoms with E-state index in [1.54, 1.807) is 6.92 Å². The summed E-state index contributed by atoms with van der Waals surface area (Å²) in [6, 6.07) is 0. The van der Waals surface area contributed by atoms with E-state index in [9.17, 15) is 4.79 Å². The Balaban J connectivity index is 3.44. The van der Waals surface area contributed by atoms with Crippen LogP contribution in [0.25, 0.3) is 0 Å².